The van der Waals surface area contributed by atoms with Crippen molar-refractivity contribution in [2.75, 3.05) is 16.0 Å². The summed E-state index contributed by atoms with van der Waals surface area (Å²) in [5.41, 5.74) is -1.65. The summed E-state index contributed by atoms with van der Waals surface area (Å²) < 4.78 is 33.3. The molecule has 0 saturated heterocycles. The molecule has 3 amide bonds. The number of amides is 3. The summed E-state index contributed by atoms with van der Waals surface area (Å²) in [4.78, 5) is 38.2. The highest BCUT2D eigenvalue weighted by Crippen LogP contribution is 2.65. The van der Waals surface area contributed by atoms with Crippen LogP contribution in [0, 0.1) is 17.6 Å². The molecule has 14 heteroatoms. The van der Waals surface area contributed by atoms with Crippen LogP contribution in [-0.2, 0) is 9.53 Å². The van der Waals surface area contributed by atoms with Gasteiger partial charge in [-0.3, -0.25) is 14.9 Å². The molecule has 3 aromatic carbocycles. The average Bonchev–Trinajstić information content (AvgIpc) is 3.45. The second-order valence-corrected chi connectivity index (χ2v) is 13.1. The summed E-state index contributed by atoms with van der Waals surface area (Å²) >= 11 is 31.1. The maximum absolute atomic E-state index is 15.1. The number of halogens is 7. The predicted octanol–water partition coefficient (Wildman–Crippen LogP) is 9.05. The summed E-state index contributed by atoms with van der Waals surface area (Å²) in [6.07, 6.45) is -0.981. The van der Waals surface area contributed by atoms with Crippen molar-refractivity contribution in [3.8, 4) is 0 Å². The Morgan fingerprint density at radius 1 is 0.881 bits per heavy atom. The van der Waals surface area contributed by atoms with Crippen LogP contribution in [0.3, 0.4) is 0 Å². The summed E-state index contributed by atoms with van der Waals surface area (Å²) in [7, 11) is 0. The van der Waals surface area contributed by atoms with E-state index >= 15 is 4.39 Å². The molecule has 0 heterocycles. The second kappa shape index (κ2) is 12.1. The van der Waals surface area contributed by atoms with Crippen molar-refractivity contribution in [2.45, 2.75) is 36.6 Å². The van der Waals surface area contributed by atoms with E-state index in [1.807, 2.05) is 0 Å². The fourth-order valence-electron chi connectivity index (χ4n) is 4.18. The molecule has 1 fully saturated rings. The van der Waals surface area contributed by atoms with E-state index in [1.165, 1.54) is 24.3 Å². The van der Waals surface area contributed by atoms with Crippen molar-refractivity contribution in [1.82, 2.24) is 0 Å². The Labute approximate surface area is 264 Å². The van der Waals surface area contributed by atoms with Crippen LogP contribution in [0.5, 0.6) is 0 Å². The fraction of sp³-hybridized carbons (Fsp3) is 0.250. The highest BCUT2D eigenvalue weighted by molar-refractivity contribution is 6.53. The molecule has 1 aliphatic rings. The van der Waals surface area contributed by atoms with Gasteiger partial charge in [0.1, 0.15) is 21.4 Å². The van der Waals surface area contributed by atoms with Gasteiger partial charge in [-0.25, -0.2) is 13.6 Å². The third kappa shape index (κ3) is 7.21. The van der Waals surface area contributed by atoms with Crippen molar-refractivity contribution >= 4 is 93.0 Å². The van der Waals surface area contributed by atoms with Crippen LogP contribution in [0.4, 0.5) is 30.6 Å². The smallest absolute Gasteiger partial charge is 0.412 e. The van der Waals surface area contributed by atoms with Gasteiger partial charge >= 0.3 is 6.09 Å². The van der Waals surface area contributed by atoms with Gasteiger partial charge in [0.2, 0.25) is 5.91 Å². The van der Waals surface area contributed by atoms with Crippen LogP contribution in [0.1, 0.15) is 42.6 Å². The number of rotatable bonds is 6. The van der Waals surface area contributed by atoms with E-state index < -0.39 is 62.7 Å². The van der Waals surface area contributed by atoms with E-state index in [4.69, 9.17) is 62.7 Å². The zero-order chi connectivity index (χ0) is 31.1. The van der Waals surface area contributed by atoms with E-state index in [0.717, 1.165) is 12.1 Å². The molecule has 4 rings (SSSR count). The Morgan fingerprint density at radius 2 is 1.52 bits per heavy atom. The van der Waals surface area contributed by atoms with Crippen molar-refractivity contribution in [3.63, 3.8) is 0 Å². The highest BCUT2D eigenvalue weighted by atomic mass is 35.5. The number of hydrogen-bond acceptors (Lipinski definition) is 4. The van der Waals surface area contributed by atoms with Gasteiger partial charge in [0.05, 0.1) is 22.2 Å². The topological polar surface area (TPSA) is 96.5 Å². The normalized spacial score (nSPS) is 17.3. The van der Waals surface area contributed by atoms with E-state index in [9.17, 15) is 18.8 Å². The quantitative estimate of drug-likeness (QED) is 0.227. The second-order valence-electron chi connectivity index (χ2n) is 10.4. The summed E-state index contributed by atoms with van der Waals surface area (Å²) in [6, 6.07) is 10.5. The lowest BCUT2D eigenvalue weighted by atomic mass is 10.1. The minimum atomic E-state index is -1.45. The van der Waals surface area contributed by atoms with Crippen molar-refractivity contribution < 1.29 is 27.9 Å². The van der Waals surface area contributed by atoms with E-state index in [-0.39, 0.29) is 16.3 Å². The third-order valence-corrected chi connectivity index (χ3v) is 7.73. The monoisotopic (exact) mass is 677 g/mol. The van der Waals surface area contributed by atoms with Crippen LogP contribution in [0.25, 0.3) is 0 Å². The maximum atomic E-state index is 15.1. The molecule has 0 spiro atoms. The minimum Gasteiger partial charge on any atom is -0.444 e. The van der Waals surface area contributed by atoms with E-state index in [2.05, 4.69) is 16.0 Å². The number of nitrogens with one attached hydrogen (secondary N) is 3. The molecule has 3 aromatic rings. The van der Waals surface area contributed by atoms with Crippen molar-refractivity contribution in [3.05, 3.63) is 86.4 Å². The third-order valence-electron chi connectivity index (χ3n) is 6.02. The van der Waals surface area contributed by atoms with Crippen LogP contribution in [-0.4, -0.2) is 27.8 Å². The Hall–Kier alpha value is -2.82. The molecule has 222 valence electrons. The first-order valence-electron chi connectivity index (χ1n) is 12.2. The van der Waals surface area contributed by atoms with E-state index in [0.29, 0.717) is 15.6 Å². The van der Waals surface area contributed by atoms with Gasteiger partial charge in [0.25, 0.3) is 5.91 Å². The molecule has 0 bridgehead atoms. The standard InChI is InChI=1S/C28H22Cl5F2N3O4/c1-27(2,3)42-26(41)37-19-7-6-18(34)23(22(19)35)38-24(39)16-11-15(4-5-17(16)31)36-25(40)21-20(28(21,32)33)12-8-13(29)10-14(30)9-12/h4-11,20-21H,1-3H3,(H,36,40)(H,37,41)(H,38,39). The molecular weight excluding hydrogens is 658 g/mol. The van der Waals surface area contributed by atoms with Crippen LogP contribution >= 0.6 is 58.0 Å². The number of carbonyl (C=O) groups is 3. The number of benzene rings is 3. The molecule has 3 N–H and O–H groups in total. The molecular formula is C28H22Cl5F2N3O4. The van der Waals surface area contributed by atoms with Gasteiger partial charge in [-0.05, 0) is 74.9 Å². The molecule has 1 aliphatic carbocycles. The average molecular weight is 680 g/mol. The molecule has 7 nitrogen and oxygen atoms in total. The Morgan fingerprint density at radius 3 is 2.14 bits per heavy atom. The zero-order valence-corrected chi connectivity index (χ0v) is 25.8. The lowest BCUT2D eigenvalue weighted by Crippen LogP contribution is -2.27. The lowest BCUT2D eigenvalue weighted by molar-refractivity contribution is -0.117. The Kier molecular flexibility index (Phi) is 9.21. The fourth-order valence-corrected chi connectivity index (χ4v) is 5.75. The minimum absolute atomic E-state index is 0.0729. The van der Waals surface area contributed by atoms with E-state index in [1.54, 1.807) is 32.9 Å². The van der Waals surface area contributed by atoms with Crippen LogP contribution < -0.4 is 16.0 Å². The number of alkyl halides is 2. The number of ether oxygens (including phenoxy) is 1. The largest absolute Gasteiger partial charge is 0.444 e. The maximum Gasteiger partial charge on any atom is 0.412 e. The molecule has 0 radical (unpaired) electrons. The van der Waals surface area contributed by atoms with Crippen LogP contribution in [0.15, 0.2) is 48.5 Å². The summed E-state index contributed by atoms with van der Waals surface area (Å²) in [5.74, 6) is -5.42. The van der Waals surface area contributed by atoms with Crippen molar-refractivity contribution in [2.24, 2.45) is 5.92 Å². The highest BCUT2D eigenvalue weighted by Gasteiger charge is 2.67. The lowest BCUT2D eigenvalue weighted by Gasteiger charge is -2.20. The number of carbonyl (C=O) groups excluding carboxylic acids is 3. The van der Waals surface area contributed by atoms with Gasteiger partial charge < -0.3 is 15.4 Å². The molecule has 0 aliphatic heterocycles. The van der Waals surface area contributed by atoms with Gasteiger partial charge in [-0.15, -0.1) is 23.2 Å². The SMILES string of the molecule is CC(C)(C)OC(=O)Nc1ccc(F)c(NC(=O)c2cc(NC(=O)C3C(c4cc(Cl)cc(Cl)c4)C3(Cl)Cl)ccc2Cl)c1F. The molecule has 42 heavy (non-hydrogen) atoms. The summed E-state index contributed by atoms with van der Waals surface area (Å²) in [6.45, 7) is 4.83. The predicted molar refractivity (Wildman–Crippen MR) is 161 cm³/mol. The molecule has 2 unspecified atom stereocenters. The molecule has 2 atom stereocenters. The zero-order valence-electron chi connectivity index (χ0n) is 22.1. The van der Waals surface area contributed by atoms with Crippen molar-refractivity contribution in [1.29, 1.82) is 0 Å². The Balaban J connectivity index is 1.51. The molecule has 1 saturated carbocycles. The molecule has 0 aromatic heterocycles. The summed E-state index contributed by atoms with van der Waals surface area (Å²) in [5, 5.41) is 7.54. The van der Waals surface area contributed by atoms with Gasteiger partial charge in [-0.2, -0.15) is 0 Å². The first kappa shape index (κ1) is 32.1. The van der Waals surface area contributed by atoms with Gasteiger partial charge in [0, 0.05) is 21.7 Å². The van der Waals surface area contributed by atoms with Gasteiger partial charge in [0.15, 0.2) is 5.82 Å². The first-order valence-corrected chi connectivity index (χ1v) is 14.1. The Bertz CT molecular complexity index is 1580. The number of anilines is 3. The van der Waals surface area contributed by atoms with Crippen LogP contribution in [0.2, 0.25) is 15.1 Å². The number of hydrogen-bond donors (Lipinski definition) is 3. The van der Waals surface area contributed by atoms with Gasteiger partial charge in [-0.1, -0.05) is 34.8 Å². The first-order chi connectivity index (χ1) is 19.5.